The standard InChI is InChI=1S/C22H34O6/c1-5-8-11-28-20-14(4)12-16-15(20)9-10-19(23)17(16)13-18(21(24)26-6-2)22(25)27-7-3/h14-15,18,20H,5-13H2,1-4H3/t14?,15?,20-/m0/s1. The number of Topliss-reactive ketones (excluding diaryl/α,β-unsaturated/α-hetero) is 1. The van der Waals surface area contributed by atoms with Crippen molar-refractivity contribution >= 4 is 17.7 Å². The summed E-state index contributed by atoms with van der Waals surface area (Å²) in [6, 6.07) is 0. The maximum absolute atomic E-state index is 12.7. The Kier molecular flexibility index (Phi) is 8.67. The Morgan fingerprint density at radius 2 is 1.75 bits per heavy atom. The molecule has 6 heteroatoms. The van der Waals surface area contributed by atoms with Crippen molar-refractivity contribution in [3.63, 3.8) is 0 Å². The molecule has 0 radical (unpaired) electrons. The molecule has 0 aromatic heterocycles. The fourth-order valence-electron chi connectivity index (χ4n) is 4.35. The van der Waals surface area contributed by atoms with Crippen molar-refractivity contribution in [3.8, 4) is 0 Å². The minimum Gasteiger partial charge on any atom is -0.465 e. The van der Waals surface area contributed by atoms with E-state index in [0.717, 1.165) is 37.9 Å². The maximum atomic E-state index is 12.7. The SMILES string of the molecule is CCCCO[C@H]1C(C)CC2=C(CC(C(=O)OCC)C(=O)OCC)C(=O)CCC21. The number of unbranched alkanes of at least 4 members (excludes halogenated alkanes) is 1. The van der Waals surface area contributed by atoms with Gasteiger partial charge in [-0.05, 0) is 51.0 Å². The highest BCUT2D eigenvalue weighted by Gasteiger charge is 2.44. The first kappa shape index (κ1) is 22.6. The minimum absolute atomic E-state index is 0.0336. The largest absolute Gasteiger partial charge is 0.465 e. The predicted molar refractivity (Wildman–Crippen MR) is 105 cm³/mol. The summed E-state index contributed by atoms with van der Waals surface area (Å²) >= 11 is 0. The number of hydrogen-bond donors (Lipinski definition) is 0. The Labute approximate surface area is 168 Å². The molecule has 0 aliphatic heterocycles. The van der Waals surface area contributed by atoms with Crippen LogP contribution >= 0.6 is 0 Å². The van der Waals surface area contributed by atoms with Crippen molar-refractivity contribution in [1.29, 1.82) is 0 Å². The lowest BCUT2D eigenvalue weighted by atomic mass is 9.79. The summed E-state index contributed by atoms with van der Waals surface area (Å²) in [7, 11) is 0. The fourth-order valence-corrected chi connectivity index (χ4v) is 4.35. The molecule has 0 bridgehead atoms. The van der Waals surface area contributed by atoms with E-state index in [2.05, 4.69) is 13.8 Å². The molecule has 28 heavy (non-hydrogen) atoms. The van der Waals surface area contributed by atoms with Crippen LogP contribution in [0.1, 0.15) is 66.2 Å². The van der Waals surface area contributed by atoms with Crippen LogP contribution in [0.3, 0.4) is 0 Å². The van der Waals surface area contributed by atoms with Crippen LogP contribution in [-0.4, -0.2) is 43.6 Å². The van der Waals surface area contributed by atoms with Gasteiger partial charge >= 0.3 is 11.9 Å². The van der Waals surface area contributed by atoms with Gasteiger partial charge in [0.25, 0.3) is 0 Å². The molecule has 0 N–H and O–H groups in total. The molecule has 3 atom stereocenters. The zero-order chi connectivity index (χ0) is 20.7. The molecule has 2 aliphatic rings. The smallest absolute Gasteiger partial charge is 0.320 e. The van der Waals surface area contributed by atoms with E-state index >= 15 is 0 Å². The molecule has 158 valence electrons. The summed E-state index contributed by atoms with van der Waals surface area (Å²) in [5, 5.41) is 0. The second kappa shape index (κ2) is 10.7. The summed E-state index contributed by atoms with van der Waals surface area (Å²) in [5.41, 5.74) is 1.69. The number of carbonyl (C=O) groups is 3. The number of ketones is 1. The third kappa shape index (κ3) is 5.22. The molecule has 0 aromatic rings. The molecular formula is C22H34O6. The molecule has 0 amide bonds. The fraction of sp³-hybridized carbons (Fsp3) is 0.773. The van der Waals surface area contributed by atoms with Crippen LogP contribution in [-0.2, 0) is 28.6 Å². The van der Waals surface area contributed by atoms with E-state index in [1.165, 1.54) is 0 Å². The molecule has 0 heterocycles. The number of carbonyl (C=O) groups excluding carboxylic acids is 3. The zero-order valence-corrected chi connectivity index (χ0v) is 17.6. The van der Waals surface area contributed by atoms with E-state index in [1.54, 1.807) is 13.8 Å². The third-order valence-electron chi connectivity index (χ3n) is 5.71. The van der Waals surface area contributed by atoms with Crippen LogP contribution in [0.2, 0.25) is 0 Å². The van der Waals surface area contributed by atoms with Crippen molar-refractivity contribution in [3.05, 3.63) is 11.1 Å². The Morgan fingerprint density at radius 1 is 1.11 bits per heavy atom. The highest BCUT2D eigenvalue weighted by molar-refractivity contribution is 6.01. The van der Waals surface area contributed by atoms with Gasteiger partial charge in [-0.15, -0.1) is 0 Å². The van der Waals surface area contributed by atoms with Gasteiger partial charge in [0.05, 0.1) is 19.3 Å². The lowest BCUT2D eigenvalue weighted by molar-refractivity contribution is -0.161. The van der Waals surface area contributed by atoms with E-state index in [0.29, 0.717) is 17.9 Å². The average molecular weight is 395 g/mol. The van der Waals surface area contributed by atoms with E-state index in [9.17, 15) is 14.4 Å². The second-order valence-corrected chi connectivity index (χ2v) is 7.70. The zero-order valence-electron chi connectivity index (χ0n) is 17.6. The second-order valence-electron chi connectivity index (χ2n) is 7.70. The highest BCUT2D eigenvalue weighted by atomic mass is 16.6. The molecule has 2 rings (SSSR count). The van der Waals surface area contributed by atoms with Crippen LogP contribution in [0.4, 0.5) is 0 Å². The molecule has 0 saturated heterocycles. The normalized spacial score (nSPS) is 24.5. The van der Waals surface area contributed by atoms with E-state index < -0.39 is 17.9 Å². The third-order valence-corrected chi connectivity index (χ3v) is 5.71. The lowest BCUT2D eigenvalue weighted by Gasteiger charge is -2.28. The van der Waals surface area contributed by atoms with Gasteiger partial charge in [-0.2, -0.15) is 0 Å². The number of esters is 2. The quantitative estimate of drug-likeness (QED) is 0.320. The Bertz CT molecular complexity index is 590. The summed E-state index contributed by atoms with van der Waals surface area (Å²) < 4.78 is 16.3. The minimum atomic E-state index is -1.08. The van der Waals surface area contributed by atoms with E-state index in [1.807, 2.05) is 0 Å². The first-order chi connectivity index (χ1) is 13.4. The molecule has 2 aliphatic carbocycles. The number of ether oxygens (including phenoxy) is 3. The molecule has 0 aromatic carbocycles. The topological polar surface area (TPSA) is 78.9 Å². The average Bonchev–Trinajstić information content (AvgIpc) is 2.97. The van der Waals surface area contributed by atoms with Crippen LogP contribution in [0.5, 0.6) is 0 Å². The summed E-state index contributed by atoms with van der Waals surface area (Å²) in [6.07, 6.45) is 4.27. The summed E-state index contributed by atoms with van der Waals surface area (Å²) in [4.78, 5) is 37.4. The predicted octanol–water partition coefficient (Wildman–Crippen LogP) is 3.62. The first-order valence-electron chi connectivity index (χ1n) is 10.6. The number of allylic oxidation sites excluding steroid dienone is 1. The molecule has 2 unspecified atom stereocenters. The Hall–Kier alpha value is -1.69. The van der Waals surface area contributed by atoms with Gasteiger partial charge in [-0.25, -0.2) is 0 Å². The Balaban J connectivity index is 2.26. The van der Waals surface area contributed by atoms with Crippen LogP contribution in [0.15, 0.2) is 11.1 Å². The Morgan fingerprint density at radius 3 is 2.32 bits per heavy atom. The van der Waals surface area contributed by atoms with E-state index in [-0.39, 0.29) is 37.4 Å². The molecule has 1 fully saturated rings. The number of fused-ring (bicyclic) bond motifs is 1. The molecule has 6 nitrogen and oxygen atoms in total. The van der Waals surface area contributed by atoms with E-state index in [4.69, 9.17) is 14.2 Å². The summed E-state index contributed by atoms with van der Waals surface area (Å²) in [6.45, 7) is 8.77. The lowest BCUT2D eigenvalue weighted by Crippen LogP contribution is -2.32. The van der Waals surface area contributed by atoms with Crippen molar-refractivity contribution in [2.24, 2.45) is 17.8 Å². The van der Waals surface area contributed by atoms with Gasteiger partial charge in [0.2, 0.25) is 0 Å². The van der Waals surface area contributed by atoms with Gasteiger partial charge in [0.1, 0.15) is 0 Å². The number of hydrogen-bond acceptors (Lipinski definition) is 6. The van der Waals surface area contributed by atoms with Gasteiger partial charge < -0.3 is 14.2 Å². The monoisotopic (exact) mass is 394 g/mol. The first-order valence-corrected chi connectivity index (χ1v) is 10.6. The molecule has 0 spiro atoms. The highest BCUT2D eigenvalue weighted by Crippen LogP contribution is 2.46. The van der Waals surface area contributed by atoms with Gasteiger partial charge in [-0.1, -0.05) is 25.8 Å². The molecular weight excluding hydrogens is 360 g/mol. The van der Waals surface area contributed by atoms with Crippen LogP contribution in [0.25, 0.3) is 0 Å². The van der Waals surface area contributed by atoms with Crippen molar-refractivity contribution in [2.45, 2.75) is 72.3 Å². The van der Waals surface area contributed by atoms with Gasteiger partial charge in [0.15, 0.2) is 11.7 Å². The van der Waals surface area contributed by atoms with Gasteiger partial charge in [-0.3, -0.25) is 14.4 Å². The van der Waals surface area contributed by atoms with Crippen LogP contribution < -0.4 is 0 Å². The van der Waals surface area contributed by atoms with Crippen molar-refractivity contribution in [2.75, 3.05) is 19.8 Å². The maximum Gasteiger partial charge on any atom is 0.320 e. The number of rotatable bonds is 10. The van der Waals surface area contributed by atoms with Crippen molar-refractivity contribution in [1.82, 2.24) is 0 Å². The molecule has 1 saturated carbocycles. The van der Waals surface area contributed by atoms with Crippen molar-refractivity contribution < 1.29 is 28.6 Å². The summed E-state index contributed by atoms with van der Waals surface area (Å²) in [5.74, 6) is -1.77. The van der Waals surface area contributed by atoms with Crippen LogP contribution in [0, 0.1) is 17.8 Å². The van der Waals surface area contributed by atoms with Gasteiger partial charge in [0, 0.05) is 18.9 Å².